The first-order chi connectivity index (χ1) is 13.7. The van der Waals surface area contributed by atoms with Crippen molar-refractivity contribution in [2.24, 2.45) is 0 Å². The molecule has 2 saturated heterocycles. The Morgan fingerprint density at radius 2 is 1.89 bits per heavy atom. The van der Waals surface area contributed by atoms with Crippen LogP contribution < -0.4 is 10.2 Å². The summed E-state index contributed by atoms with van der Waals surface area (Å²) >= 11 is 0. The van der Waals surface area contributed by atoms with Gasteiger partial charge in [-0.15, -0.1) is 0 Å². The van der Waals surface area contributed by atoms with Gasteiger partial charge in [-0.1, -0.05) is 12.1 Å². The zero-order valence-corrected chi connectivity index (χ0v) is 16.4. The number of carbonyl (C=O) groups excluding carboxylic acids is 1. The van der Waals surface area contributed by atoms with Gasteiger partial charge >= 0.3 is 0 Å². The highest BCUT2D eigenvalue weighted by molar-refractivity contribution is 5.94. The Kier molecular flexibility index (Phi) is 5.76. The zero-order chi connectivity index (χ0) is 19.3. The van der Waals surface area contributed by atoms with Gasteiger partial charge in [-0.05, 0) is 49.6 Å². The molecule has 1 atom stereocenters. The smallest absolute Gasteiger partial charge is 0.255 e. The van der Waals surface area contributed by atoms with Crippen LogP contribution >= 0.6 is 0 Å². The van der Waals surface area contributed by atoms with E-state index in [2.05, 4.69) is 46.4 Å². The van der Waals surface area contributed by atoms with Crippen LogP contribution in [0.15, 0.2) is 42.6 Å². The summed E-state index contributed by atoms with van der Waals surface area (Å²) in [7, 11) is 0. The summed E-state index contributed by atoms with van der Waals surface area (Å²) in [4.78, 5) is 21.2. The Bertz CT molecular complexity index is 796. The predicted octanol–water partition coefficient (Wildman–Crippen LogP) is 3.33. The summed E-state index contributed by atoms with van der Waals surface area (Å²) in [5, 5.41) is 3.45. The van der Waals surface area contributed by atoms with E-state index in [1.165, 1.54) is 24.1 Å². The zero-order valence-electron chi connectivity index (χ0n) is 16.4. The van der Waals surface area contributed by atoms with E-state index in [-0.39, 0.29) is 11.9 Å². The van der Waals surface area contributed by atoms with E-state index in [9.17, 15) is 4.79 Å². The Morgan fingerprint density at radius 1 is 1.11 bits per heavy atom. The van der Waals surface area contributed by atoms with Crippen molar-refractivity contribution in [2.45, 2.75) is 25.8 Å². The highest BCUT2D eigenvalue weighted by Crippen LogP contribution is 2.25. The molecular weight excluding hydrogens is 352 g/mol. The molecule has 2 aliphatic rings. The molecule has 1 aromatic heterocycles. The van der Waals surface area contributed by atoms with Crippen LogP contribution in [0.5, 0.6) is 0 Å². The van der Waals surface area contributed by atoms with Crippen LogP contribution in [0.1, 0.15) is 41.7 Å². The SMILES string of the molecule is CC(Nc1ccc(C(=O)N2CCOCC2)cn1)c1cccc(N2CCCC2)c1. The molecule has 148 valence electrons. The molecule has 1 aromatic carbocycles. The summed E-state index contributed by atoms with van der Waals surface area (Å²) in [5.74, 6) is 0.798. The molecule has 2 fully saturated rings. The average molecular weight is 380 g/mol. The highest BCUT2D eigenvalue weighted by Gasteiger charge is 2.19. The van der Waals surface area contributed by atoms with E-state index in [1.807, 2.05) is 17.0 Å². The van der Waals surface area contributed by atoms with Crippen molar-refractivity contribution in [1.29, 1.82) is 0 Å². The molecule has 6 heteroatoms. The van der Waals surface area contributed by atoms with E-state index < -0.39 is 0 Å². The molecule has 6 nitrogen and oxygen atoms in total. The van der Waals surface area contributed by atoms with Gasteiger partial charge in [0, 0.05) is 38.1 Å². The molecule has 0 radical (unpaired) electrons. The highest BCUT2D eigenvalue weighted by atomic mass is 16.5. The van der Waals surface area contributed by atoms with Crippen molar-refractivity contribution >= 4 is 17.4 Å². The number of anilines is 2. The summed E-state index contributed by atoms with van der Waals surface area (Å²) in [6, 6.07) is 12.6. The van der Waals surface area contributed by atoms with Crippen molar-refractivity contribution in [2.75, 3.05) is 49.6 Å². The van der Waals surface area contributed by atoms with Crippen molar-refractivity contribution < 1.29 is 9.53 Å². The number of ether oxygens (including phenoxy) is 1. The van der Waals surface area contributed by atoms with Gasteiger partial charge in [0.15, 0.2) is 0 Å². The number of carbonyl (C=O) groups is 1. The van der Waals surface area contributed by atoms with E-state index >= 15 is 0 Å². The van der Waals surface area contributed by atoms with Gasteiger partial charge in [0.2, 0.25) is 0 Å². The standard InChI is InChI=1S/C22H28N4O2/c1-17(18-5-4-6-20(15-18)25-9-2-3-10-25)24-21-8-7-19(16-23-21)22(27)26-11-13-28-14-12-26/h4-8,15-17H,2-3,9-14H2,1H3,(H,23,24). The molecule has 0 aliphatic carbocycles. The Hall–Kier alpha value is -2.60. The molecule has 1 unspecified atom stereocenters. The first-order valence-electron chi connectivity index (χ1n) is 10.2. The summed E-state index contributed by atoms with van der Waals surface area (Å²) in [6.07, 6.45) is 4.21. The number of amides is 1. The van der Waals surface area contributed by atoms with Crippen molar-refractivity contribution in [1.82, 2.24) is 9.88 Å². The van der Waals surface area contributed by atoms with Gasteiger partial charge in [-0.25, -0.2) is 4.98 Å². The summed E-state index contributed by atoms with van der Waals surface area (Å²) < 4.78 is 5.31. The van der Waals surface area contributed by atoms with Crippen LogP contribution in [0.4, 0.5) is 11.5 Å². The largest absolute Gasteiger partial charge is 0.378 e. The number of rotatable bonds is 5. The first-order valence-corrected chi connectivity index (χ1v) is 10.2. The number of aromatic nitrogens is 1. The molecular formula is C22H28N4O2. The topological polar surface area (TPSA) is 57.7 Å². The van der Waals surface area contributed by atoms with E-state index in [0.717, 1.165) is 18.9 Å². The number of pyridine rings is 1. The Morgan fingerprint density at radius 3 is 2.61 bits per heavy atom. The number of nitrogens with zero attached hydrogens (tertiary/aromatic N) is 3. The molecule has 1 amide bonds. The number of morpholine rings is 1. The van der Waals surface area contributed by atoms with Crippen LogP contribution in [0, 0.1) is 0 Å². The lowest BCUT2D eigenvalue weighted by Gasteiger charge is -2.26. The fourth-order valence-corrected chi connectivity index (χ4v) is 3.83. The van der Waals surface area contributed by atoms with Gasteiger partial charge in [0.05, 0.1) is 24.8 Å². The Labute approximate surface area is 166 Å². The van der Waals surface area contributed by atoms with Gasteiger partial charge in [-0.3, -0.25) is 4.79 Å². The van der Waals surface area contributed by atoms with Crippen molar-refractivity contribution in [3.63, 3.8) is 0 Å². The number of hydrogen-bond donors (Lipinski definition) is 1. The first kappa shape index (κ1) is 18.7. The fourth-order valence-electron chi connectivity index (χ4n) is 3.83. The van der Waals surface area contributed by atoms with Crippen molar-refractivity contribution in [3.8, 4) is 0 Å². The van der Waals surface area contributed by atoms with Crippen molar-refractivity contribution in [3.05, 3.63) is 53.7 Å². The van der Waals surface area contributed by atoms with Crippen LogP contribution in [0.25, 0.3) is 0 Å². The second-order valence-corrected chi connectivity index (χ2v) is 7.49. The molecule has 4 rings (SSSR count). The summed E-state index contributed by atoms with van der Waals surface area (Å²) in [6.45, 7) is 6.92. The third kappa shape index (κ3) is 4.28. The second-order valence-electron chi connectivity index (χ2n) is 7.49. The maximum absolute atomic E-state index is 12.5. The second kappa shape index (κ2) is 8.61. The maximum atomic E-state index is 12.5. The fraction of sp³-hybridized carbons (Fsp3) is 0.455. The monoisotopic (exact) mass is 380 g/mol. The number of benzene rings is 1. The van der Waals surface area contributed by atoms with Gasteiger partial charge < -0.3 is 19.9 Å². The quantitative estimate of drug-likeness (QED) is 0.862. The molecule has 0 spiro atoms. The third-order valence-corrected chi connectivity index (χ3v) is 5.51. The average Bonchev–Trinajstić information content (AvgIpc) is 3.29. The number of hydrogen-bond acceptors (Lipinski definition) is 5. The lowest BCUT2D eigenvalue weighted by Crippen LogP contribution is -2.40. The van der Waals surface area contributed by atoms with Gasteiger partial charge in [-0.2, -0.15) is 0 Å². The third-order valence-electron chi connectivity index (χ3n) is 5.51. The maximum Gasteiger partial charge on any atom is 0.255 e. The lowest BCUT2D eigenvalue weighted by atomic mass is 10.1. The molecule has 0 bridgehead atoms. The predicted molar refractivity (Wildman–Crippen MR) is 111 cm³/mol. The number of nitrogens with one attached hydrogen (secondary N) is 1. The molecule has 2 aliphatic heterocycles. The molecule has 3 heterocycles. The van der Waals surface area contributed by atoms with Crippen LogP contribution in [-0.2, 0) is 4.74 Å². The van der Waals surface area contributed by atoms with Crippen LogP contribution in [-0.4, -0.2) is 55.2 Å². The van der Waals surface area contributed by atoms with E-state index in [4.69, 9.17) is 4.74 Å². The lowest BCUT2D eigenvalue weighted by molar-refractivity contribution is 0.0302. The van der Waals surface area contributed by atoms with E-state index in [0.29, 0.717) is 31.9 Å². The molecule has 2 aromatic rings. The minimum absolute atomic E-state index is 0.0220. The minimum atomic E-state index is 0.0220. The summed E-state index contributed by atoms with van der Waals surface area (Å²) in [5.41, 5.74) is 3.15. The minimum Gasteiger partial charge on any atom is -0.378 e. The molecule has 1 N–H and O–H groups in total. The van der Waals surface area contributed by atoms with Gasteiger partial charge in [0.25, 0.3) is 5.91 Å². The van der Waals surface area contributed by atoms with Crippen LogP contribution in [0.3, 0.4) is 0 Å². The van der Waals surface area contributed by atoms with E-state index in [1.54, 1.807) is 6.20 Å². The Balaban J connectivity index is 1.40. The molecule has 28 heavy (non-hydrogen) atoms. The van der Waals surface area contributed by atoms with Gasteiger partial charge in [0.1, 0.15) is 5.82 Å². The normalized spacial score (nSPS) is 18.2. The molecule has 0 saturated carbocycles. The van der Waals surface area contributed by atoms with Crippen LogP contribution in [0.2, 0.25) is 0 Å².